The molecule has 0 saturated heterocycles. The summed E-state index contributed by atoms with van der Waals surface area (Å²) in [6.45, 7) is 8.49. The van der Waals surface area contributed by atoms with Gasteiger partial charge in [-0.1, -0.05) is 32.0 Å². The molecule has 0 unspecified atom stereocenters. The summed E-state index contributed by atoms with van der Waals surface area (Å²) in [6.07, 6.45) is 3.56. The Balaban J connectivity index is 1.98. The second-order valence-electron chi connectivity index (χ2n) is 7.16. The number of aliphatic hydroxyl groups is 1. The topological polar surface area (TPSA) is 65.9 Å². The number of hydrogen-bond donors (Lipinski definition) is 3. The molecule has 1 aliphatic carbocycles. The maximum Gasteiger partial charge on any atom is 0.191 e. The van der Waals surface area contributed by atoms with Gasteiger partial charge in [-0.25, -0.2) is 4.99 Å². The minimum absolute atomic E-state index is 0.137. The number of benzene rings is 1. The highest BCUT2D eigenvalue weighted by atomic mass is 16.5. The molecule has 140 valence electrons. The van der Waals surface area contributed by atoms with E-state index in [9.17, 15) is 5.11 Å². The second kappa shape index (κ2) is 10.3. The molecule has 1 aliphatic rings. The second-order valence-corrected chi connectivity index (χ2v) is 7.16. The molecular weight excluding hydrogens is 314 g/mol. The smallest absolute Gasteiger partial charge is 0.191 e. The molecule has 3 N–H and O–H groups in total. The van der Waals surface area contributed by atoms with Crippen molar-refractivity contribution in [2.45, 2.75) is 65.1 Å². The van der Waals surface area contributed by atoms with Crippen LogP contribution >= 0.6 is 0 Å². The first kappa shape index (κ1) is 19.6. The van der Waals surface area contributed by atoms with E-state index in [1.165, 1.54) is 0 Å². The van der Waals surface area contributed by atoms with Gasteiger partial charge in [-0.3, -0.25) is 0 Å². The van der Waals surface area contributed by atoms with Crippen LogP contribution in [0.25, 0.3) is 0 Å². The van der Waals surface area contributed by atoms with Crippen LogP contribution < -0.4 is 15.4 Å². The number of aliphatic imine (C=N–C) groups is 1. The van der Waals surface area contributed by atoms with Gasteiger partial charge >= 0.3 is 0 Å². The monoisotopic (exact) mass is 347 g/mol. The van der Waals surface area contributed by atoms with Gasteiger partial charge in [0.05, 0.1) is 19.3 Å². The summed E-state index contributed by atoms with van der Waals surface area (Å²) in [4.78, 5) is 4.74. The van der Waals surface area contributed by atoms with E-state index in [1.54, 1.807) is 0 Å². The standard InChI is InChI=1S/C20H33N3O2/c1-4-21-20(23-17-9-11-18(24)12-10-17)22-13-16-7-5-6-8-19(16)25-14-15(2)3/h5-8,15,17-18,24H,4,9-14H2,1-3H3,(H2,21,22,23). The average Bonchev–Trinajstić information content (AvgIpc) is 2.60. The maximum absolute atomic E-state index is 9.65. The van der Waals surface area contributed by atoms with E-state index >= 15 is 0 Å². The van der Waals surface area contributed by atoms with Crippen LogP contribution in [-0.4, -0.2) is 36.4 Å². The van der Waals surface area contributed by atoms with Gasteiger partial charge in [-0.2, -0.15) is 0 Å². The molecule has 1 saturated carbocycles. The largest absolute Gasteiger partial charge is 0.493 e. The van der Waals surface area contributed by atoms with Gasteiger partial charge in [0.1, 0.15) is 5.75 Å². The Bertz CT molecular complexity index is 537. The molecule has 1 aromatic rings. The Morgan fingerprint density at radius 2 is 1.96 bits per heavy atom. The Morgan fingerprint density at radius 3 is 2.64 bits per heavy atom. The predicted molar refractivity (Wildman–Crippen MR) is 103 cm³/mol. The van der Waals surface area contributed by atoms with Crippen LogP contribution in [0.15, 0.2) is 29.3 Å². The molecular formula is C20H33N3O2. The summed E-state index contributed by atoms with van der Waals surface area (Å²) >= 11 is 0. The number of rotatable bonds is 7. The number of para-hydroxylation sites is 1. The van der Waals surface area contributed by atoms with E-state index < -0.39 is 0 Å². The normalized spacial score (nSPS) is 21.2. The van der Waals surface area contributed by atoms with Gasteiger partial charge in [0, 0.05) is 18.2 Å². The summed E-state index contributed by atoms with van der Waals surface area (Å²) in [5, 5.41) is 16.5. The molecule has 1 fully saturated rings. The Hall–Kier alpha value is -1.75. The zero-order valence-corrected chi connectivity index (χ0v) is 15.8. The fraction of sp³-hybridized carbons (Fsp3) is 0.650. The molecule has 0 radical (unpaired) electrons. The van der Waals surface area contributed by atoms with Gasteiger partial charge in [0.15, 0.2) is 5.96 Å². The number of guanidine groups is 1. The van der Waals surface area contributed by atoms with E-state index in [0.717, 1.165) is 49.5 Å². The van der Waals surface area contributed by atoms with E-state index in [1.807, 2.05) is 18.2 Å². The first-order chi connectivity index (χ1) is 12.1. The quantitative estimate of drug-likeness (QED) is 0.524. The molecule has 0 heterocycles. The summed E-state index contributed by atoms with van der Waals surface area (Å²) in [6, 6.07) is 8.49. The van der Waals surface area contributed by atoms with Crippen LogP contribution in [0.4, 0.5) is 0 Å². The van der Waals surface area contributed by atoms with Crippen molar-refractivity contribution in [2.75, 3.05) is 13.2 Å². The Kier molecular flexibility index (Phi) is 8.06. The van der Waals surface area contributed by atoms with Crippen LogP contribution in [-0.2, 0) is 6.54 Å². The van der Waals surface area contributed by atoms with E-state index in [-0.39, 0.29) is 6.10 Å². The van der Waals surface area contributed by atoms with Gasteiger partial charge in [-0.05, 0) is 44.6 Å². The maximum atomic E-state index is 9.65. The zero-order valence-electron chi connectivity index (χ0n) is 15.8. The lowest BCUT2D eigenvalue weighted by Crippen LogP contribution is -2.45. The minimum Gasteiger partial charge on any atom is -0.493 e. The highest BCUT2D eigenvalue weighted by Gasteiger charge is 2.20. The molecule has 0 bridgehead atoms. The first-order valence-corrected chi connectivity index (χ1v) is 9.52. The number of nitrogens with zero attached hydrogens (tertiary/aromatic N) is 1. The van der Waals surface area contributed by atoms with Gasteiger partial charge < -0.3 is 20.5 Å². The van der Waals surface area contributed by atoms with Crippen molar-refractivity contribution < 1.29 is 9.84 Å². The zero-order chi connectivity index (χ0) is 18.1. The van der Waals surface area contributed by atoms with Crippen LogP contribution in [0.3, 0.4) is 0 Å². The molecule has 5 nitrogen and oxygen atoms in total. The molecule has 0 aromatic heterocycles. The molecule has 1 aromatic carbocycles. The summed E-state index contributed by atoms with van der Waals surface area (Å²) < 4.78 is 5.91. The SMILES string of the molecule is CCNC(=NCc1ccccc1OCC(C)C)NC1CCC(O)CC1. The fourth-order valence-corrected chi connectivity index (χ4v) is 2.93. The molecule has 5 heteroatoms. The fourth-order valence-electron chi connectivity index (χ4n) is 2.93. The van der Waals surface area contributed by atoms with E-state index in [2.05, 4.69) is 37.5 Å². The van der Waals surface area contributed by atoms with Crippen molar-refractivity contribution in [3.8, 4) is 5.75 Å². The molecule has 0 spiro atoms. The van der Waals surface area contributed by atoms with Crippen molar-refractivity contribution in [3.63, 3.8) is 0 Å². The summed E-state index contributed by atoms with van der Waals surface area (Å²) in [5.74, 6) is 2.25. The van der Waals surface area contributed by atoms with Crippen LogP contribution in [0.1, 0.15) is 52.0 Å². The summed E-state index contributed by atoms with van der Waals surface area (Å²) in [7, 11) is 0. The Labute approximate surface area is 151 Å². The molecule has 2 rings (SSSR count). The number of hydrogen-bond acceptors (Lipinski definition) is 3. The third-order valence-corrected chi connectivity index (χ3v) is 4.33. The number of ether oxygens (including phenoxy) is 1. The van der Waals surface area contributed by atoms with Gasteiger partial charge in [0.25, 0.3) is 0 Å². The lowest BCUT2D eigenvalue weighted by molar-refractivity contribution is 0.120. The molecule has 0 aliphatic heterocycles. The highest BCUT2D eigenvalue weighted by Crippen LogP contribution is 2.20. The molecule has 0 atom stereocenters. The predicted octanol–water partition coefficient (Wildman–Crippen LogP) is 3.08. The third kappa shape index (κ3) is 6.94. The van der Waals surface area contributed by atoms with Crippen LogP contribution in [0.2, 0.25) is 0 Å². The van der Waals surface area contributed by atoms with Crippen molar-refractivity contribution in [1.29, 1.82) is 0 Å². The lowest BCUT2D eigenvalue weighted by atomic mass is 9.93. The average molecular weight is 348 g/mol. The first-order valence-electron chi connectivity index (χ1n) is 9.52. The van der Waals surface area contributed by atoms with Crippen molar-refractivity contribution in [1.82, 2.24) is 10.6 Å². The lowest BCUT2D eigenvalue weighted by Gasteiger charge is -2.27. The van der Waals surface area contributed by atoms with Crippen LogP contribution in [0.5, 0.6) is 5.75 Å². The summed E-state index contributed by atoms with van der Waals surface area (Å²) in [5.41, 5.74) is 1.10. The number of aliphatic hydroxyl groups excluding tert-OH is 1. The molecule has 25 heavy (non-hydrogen) atoms. The van der Waals surface area contributed by atoms with Crippen LogP contribution in [0, 0.1) is 5.92 Å². The van der Waals surface area contributed by atoms with Crippen molar-refractivity contribution >= 4 is 5.96 Å². The Morgan fingerprint density at radius 1 is 1.24 bits per heavy atom. The van der Waals surface area contributed by atoms with E-state index in [0.29, 0.717) is 25.1 Å². The molecule has 0 amide bonds. The van der Waals surface area contributed by atoms with Crippen molar-refractivity contribution in [3.05, 3.63) is 29.8 Å². The van der Waals surface area contributed by atoms with Gasteiger partial charge in [0.2, 0.25) is 0 Å². The van der Waals surface area contributed by atoms with Crippen molar-refractivity contribution in [2.24, 2.45) is 10.9 Å². The minimum atomic E-state index is -0.137. The third-order valence-electron chi connectivity index (χ3n) is 4.33. The number of nitrogens with one attached hydrogen (secondary N) is 2. The van der Waals surface area contributed by atoms with Gasteiger partial charge in [-0.15, -0.1) is 0 Å². The van der Waals surface area contributed by atoms with E-state index in [4.69, 9.17) is 9.73 Å². The highest BCUT2D eigenvalue weighted by molar-refractivity contribution is 5.80.